The van der Waals surface area contributed by atoms with Gasteiger partial charge >= 0.3 is 0 Å². The van der Waals surface area contributed by atoms with Crippen molar-refractivity contribution in [2.24, 2.45) is 5.92 Å². The molecule has 1 unspecified atom stereocenters. The molecule has 0 aliphatic heterocycles. The van der Waals surface area contributed by atoms with Crippen molar-refractivity contribution in [2.45, 2.75) is 25.3 Å². The maximum atomic E-state index is 12.4. The van der Waals surface area contributed by atoms with E-state index in [-0.39, 0.29) is 18.6 Å². The van der Waals surface area contributed by atoms with Crippen LogP contribution in [-0.4, -0.2) is 38.2 Å². The lowest BCUT2D eigenvalue weighted by Crippen LogP contribution is -2.37. The SMILES string of the molecule is O=C(NC(CCO)C1CC1)c1ccc(-n2cnc3ccccc32)nc1. The molecule has 128 valence electrons. The minimum absolute atomic E-state index is 0.0507. The predicted molar refractivity (Wildman–Crippen MR) is 94.5 cm³/mol. The minimum atomic E-state index is -0.139. The molecule has 0 bridgehead atoms. The Balaban J connectivity index is 1.52. The third kappa shape index (κ3) is 3.25. The van der Waals surface area contributed by atoms with E-state index >= 15 is 0 Å². The Morgan fingerprint density at radius 1 is 1.24 bits per heavy atom. The zero-order valence-corrected chi connectivity index (χ0v) is 13.8. The molecule has 0 saturated heterocycles. The fraction of sp³-hybridized carbons (Fsp3) is 0.316. The lowest BCUT2D eigenvalue weighted by molar-refractivity contribution is 0.0924. The largest absolute Gasteiger partial charge is 0.396 e. The number of benzene rings is 1. The number of carbonyl (C=O) groups is 1. The average Bonchev–Trinajstić information content (AvgIpc) is 3.40. The number of pyridine rings is 1. The highest BCUT2D eigenvalue weighted by atomic mass is 16.3. The van der Waals surface area contributed by atoms with E-state index in [2.05, 4.69) is 15.3 Å². The van der Waals surface area contributed by atoms with Gasteiger partial charge in [0.15, 0.2) is 0 Å². The number of hydrogen-bond acceptors (Lipinski definition) is 4. The van der Waals surface area contributed by atoms with Crippen LogP contribution in [-0.2, 0) is 0 Å². The van der Waals surface area contributed by atoms with Crippen LogP contribution in [0.4, 0.5) is 0 Å². The number of fused-ring (bicyclic) bond motifs is 1. The molecule has 1 fully saturated rings. The van der Waals surface area contributed by atoms with Gasteiger partial charge in [-0.25, -0.2) is 9.97 Å². The van der Waals surface area contributed by atoms with Crippen molar-refractivity contribution in [1.82, 2.24) is 19.9 Å². The summed E-state index contributed by atoms with van der Waals surface area (Å²) >= 11 is 0. The van der Waals surface area contributed by atoms with Crippen molar-refractivity contribution >= 4 is 16.9 Å². The maximum Gasteiger partial charge on any atom is 0.253 e. The van der Waals surface area contributed by atoms with E-state index in [9.17, 15) is 4.79 Å². The van der Waals surface area contributed by atoms with E-state index in [0.717, 1.165) is 29.7 Å². The summed E-state index contributed by atoms with van der Waals surface area (Å²) < 4.78 is 1.90. The first-order valence-corrected chi connectivity index (χ1v) is 8.56. The van der Waals surface area contributed by atoms with E-state index in [4.69, 9.17) is 5.11 Å². The monoisotopic (exact) mass is 336 g/mol. The van der Waals surface area contributed by atoms with Crippen LogP contribution < -0.4 is 5.32 Å². The van der Waals surface area contributed by atoms with E-state index in [1.165, 1.54) is 0 Å². The summed E-state index contributed by atoms with van der Waals surface area (Å²) in [6.45, 7) is 0.0896. The summed E-state index contributed by atoms with van der Waals surface area (Å²) in [6, 6.07) is 11.5. The Morgan fingerprint density at radius 3 is 2.80 bits per heavy atom. The van der Waals surface area contributed by atoms with Crippen molar-refractivity contribution in [3.05, 3.63) is 54.5 Å². The number of rotatable bonds is 6. The van der Waals surface area contributed by atoms with E-state index in [1.807, 2.05) is 34.9 Å². The maximum absolute atomic E-state index is 12.4. The summed E-state index contributed by atoms with van der Waals surface area (Å²) in [7, 11) is 0. The van der Waals surface area contributed by atoms with E-state index in [1.54, 1.807) is 18.6 Å². The minimum Gasteiger partial charge on any atom is -0.396 e. The van der Waals surface area contributed by atoms with Crippen LogP contribution in [0.5, 0.6) is 0 Å². The van der Waals surface area contributed by atoms with Gasteiger partial charge in [-0.05, 0) is 49.4 Å². The second-order valence-corrected chi connectivity index (χ2v) is 6.44. The van der Waals surface area contributed by atoms with Crippen LogP contribution in [0, 0.1) is 5.92 Å². The van der Waals surface area contributed by atoms with Gasteiger partial charge in [0.2, 0.25) is 0 Å². The summed E-state index contributed by atoms with van der Waals surface area (Å²) in [4.78, 5) is 21.2. The third-order valence-electron chi connectivity index (χ3n) is 4.66. The molecule has 25 heavy (non-hydrogen) atoms. The molecule has 2 aromatic heterocycles. The molecule has 1 atom stereocenters. The highest BCUT2D eigenvalue weighted by Crippen LogP contribution is 2.34. The van der Waals surface area contributed by atoms with Crippen molar-refractivity contribution in [3.63, 3.8) is 0 Å². The van der Waals surface area contributed by atoms with Gasteiger partial charge in [-0.2, -0.15) is 0 Å². The Labute approximate surface area is 145 Å². The van der Waals surface area contributed by atoms with Crippen LogP contribution in [0.1, 0.15) is 29.6 Å². The fourth-order valence-electron chi connectivity index (χ4n) is 3.12. The first-order valence-electron chi connectivity index (χ1n) is 8.56. The highest BCUT2D eigenvalue weighted by molar-refractivity contribution is 5.94. The Bertz CT molecular complexity index is 884. The molecule has 4 rings (SSSR count). The number of para-hydroxylation sites is 2. The summed E-state index contributed by atoms with van der Waals surface area (Å²) in [5.74, 6) is 1.08. The van der Waals surface area contributed by atoms with Crippen molar-refractivity contribution < 1.29 is 9.90 Å². The van der Waals surface area contributed by atoms with Crippen LogP contribution in [0.15, 0.2) is 48.9 Å². The number of carbonyl (C=O) groups excluding carboxylic acids is 1. The Morgan fingerprint density at radius 2 is 2.08 bits per heavy atom. The fourth-order valence-corrected chi connectivity index (χ4v) is 3.12. The standard InChI is InChI=1S/C19H20N4O2/c24-10-9-15(13-5-6-13)22-19(25)14-7-8-18(20-11-14)23-12-21-16-3-1-2-4-17(16)23/h1-4,7-8,11-13,15,24H,5-6,9-10H2,(H,22,25). The number of nitrogens with zero attached hydrogens (tertiary/aromatic N) is 3. The lowest BCUT2D eigenvalue weighted by atomic mass is 10.1. The molecule has 1 aliphatic rings. The molecule has 2 heterocycles. The summed E-state index contributed by atoms with van der Waals surface area (Å²) in [6.07, 6.45) is 6.16. The van der Waals surface area contributed by atoms with Crippen LogP contribution in [0.2, 0.25) is 0 Å². The molecular weight excluding hydrogens is 316 g/mol. The van der Waals surface area contributed by atoms with Crippen molar-refractivity contribution in [2.75, 3.05) is 6.61 Å². The quantitative estimate of drug-likeness (QED) is 0.724. The molecule has 2 N–H and O–H groups in total. The predicted octanol–water partition coefficient (Wildman–Crippen LogP) is 2.31. The van der Waals surface area contributed by atoms with Crippen LogP contribution in [0.25, 0.3) is 16.9 Å². The molecular formula is C19H20N4O2. The van der Waals surface area contributed by atoms with Gasteiger partial charge in [0.25, 0.3) is 5.91 Å². The van der Waals surface area contributed by atoms with E-state index < -0.39 is 0 Å². The number of nitrogens with one attached hydrogen (secondary N) is 1. The Kier molecular flexibility index (Phi) is 4.19. The zero-order chi connectivity index (χ0) is 17.2. The highest BCUT2D eigenvalue weighted by Gasteiger charge is 2.31. The molecule has 0 radical (unpaired) electrons. The molecule has 0 spiro atoms. The number of hydrogen-bond donors (Lipinski definition) is 2. The normalized spacial score (nSPS) is 15.2. The summed E-state index contributed by atoms with van der Waals surface area (Å²) in [5.41, 5.74) is 2.41. The van der Waals surface area contributed by atoms with Gasteiger partial charge < -0.3 is 10.4 Å². The third-order valence-corrected chi connectivity index (χ3v) is 4.66. The van der Waals surface area contributed by atoms with Gasteiger partial charge in [0, 0.05) is 18.8 Å². The number of amides is 1. The molecule has 6 heteroatoms. The lowest BCUT2D eigenvalue weighted by Gasteiger charge is -2.17. The van der Waals surface area contributed by atoms with Crippen LogP contribution >= 0.6 is 0 Å². The Hall–Kier alpha value is -2.73. The second kappa shape index (κ2) is 6.64. The molecule has 1 aliphatic carbocycles. The second-order valence-electron chi connectivity index (χ2n) is 6.44. The molecule has 1 aromatic carbocycles. The molecule has 6 nitrogen and oxygen atoms in total. The van der Waals surface area contributed by atoms with Gasteiger partial charge in [0.1, 0.15) is 12.1 Å². The van der Waals surface area contributed by atoms with Gasteiger partial charge in [0.05, 0.1) is 16.6 Å². The van der Waals surface area contributed by atoms with Crippen LogP contribution in [0.3, 0.4) is 0 Å². The van der Waals surface area contributed by atoms with Gasteiger partial charge in [-0.3, -0.25) is 9.36 Å². The average molecular weight is 336 g/mol. The number of aliphatic hydroxyl groups excluding tert-OH is 1. The van der Waals surface area contributed by atoms with E-state index in [0.29, 0.717) is 17.9 Å². The molecule has 1 amide bonds. The summed E-state index contributed by atoms with van der Waals surface area (Å²) in [5, 5.41) is 12.2. The first kappa shape index (κ1) is 15.8. The number of imidazole rings is 1. The molecule has 1 saturated carbocycles. The zero-order valence-electron chi connectivity index (χ0n) is 13.8. The smallest absolute Gasteiger partial charge is 0.253 e. The van der Waals surface area contributed by atoms with Gasteiger partial charge in [-0.1, -0.05) is 12.1 Å². The number of aliphatic hydroxyl groups is 1. The van der Waals surface area contributed by atoms with Gasteiger partial charge in [-0.15, -0.1) is 0 Å². The first-order chi connectivity index (χ1) is 12.3. The van der Waals surface area contributed by atoms with Crippen molar-refractivity contribution in [3.8, 4) is 5.82 Å². The topological polar surface area (TPSA) is 80.0 Å². The molecule has 3 aromatic rings. The number of aromatic nitrogens is 3. The van der Waals surface area contributed by atoms with Crippen molar-refractivity contribution in [1.29, 1.82) is 0 Å².